The SMILES string of the molecule is CCCN(CCC)c1nc(OCCc2ccccn2)cc(C(=O)Nc2cc(C)ccn2)n1. The first-order chi connectivity index (χ1) is 15.6. The molecule has 0 aliphatic carbocycles. The van der Waals surface area contributed by atoms with Gasteiger partial charge in [-0.15, -0.1) is 0 Å². The number of hydrogen-bond acceptors (Lipinski definition) is 7. The van der Waals surface area contributed by atoms with E-state index in [-0.39, 0.29) is 11.6 Å². The minimum absolute atomic E-state index is 0.239. The number of anilines is 2. The summed E-state index contributed by atoms with van der Waals surface area (Å²) in [5.74, 6) is 0.984. The molecule has 168 valence electrons. The Morgan fingerprint density at radius 1 is 1.03 bits per heavy atom. The Hall–Kier alpha value is -3.55. The number of rotatable bonds is 11. The van der Waals surface area contributed by atoms with Crippen molar-refractivity contribution < 1.29 is 9.53 Å². The molecule has 0 aromatic carbocycles. The number of carbonyl (C=O) groups is 1. The van der Waals surface area contributed by atoms with Crippen LogP contribution in [0.4, 0.5) is 11.8 Å². The summed E-state index contributed by atoms with van der Waals surface area (Å²) in [6, 6.07) is 11.0. The highest BCUT2D eigenvalue weighted by Gasteiger charge is 2.17. The van der Waals surface area contributed by atoms with Crippen molar-refractivity contribution in [1.82, 2.24) is 19.9 Å². The quantitative estimate of drug-likeness (QED) is 0.486. The van der Waals surface area contributed by atoms with Crippen LogP contribution in [0.1, 0.15) is 48.4 Å². The molecule has 32 heavy (non-hydrogen) atoms. The van der Waals surface area contributed by atoms with Crippen LogP contribution in [0.3, 0.4) is 0 Å². The number of aromatic nitrogens is 4. The van der Waals surface area contributed by atoms with Crippen molar-refractivity contribution in [3.05, 3.63) is 65.7 Å². The minimum atomic E-state index is -0.353. The fourth-order valence-electron chi connectivity index (χ4n) is 3.19. The molecule has 0 unspecified atom stereocenters. The molecular formula is C24H30N6O2. The molecule has 0 atom stereocenters. The molecule has 0 aliphatic heterocycles. The van der Waals surface area contributed by atoms with Crippen molar-refractivity contribution in [3.8, 4) is 5.88 Å². The lowest BCUT2D eigenvalue weighted by molar-refractivity contribution is 0.102. The van der Waals surface area contributed by atoms with Crippen molar-refractivity contribution >= 4 is 17.7 Å². The molecule has 8 nitrogen and oxygen atoms in total. The van der Waals surface area contributed by atoms with E-state index in [1.165, 1.54) is 0 Å². The van der Waals surface area contributed by atoms with E-state index < -0.39 is 0 Å². The number of hydrogen-bond donors (Lipinski definition) is 1. The Morgan fingerprint density at radius 2 is 1.84 bits per heavy atom. The third-order valence-electron chi connectivity index (χ3n) is 4.68. The maximum Gasteiger partial charge on any atom is 0.275 e. The van der Waals surface area contributed by atoms with E-state index >= 15 is 0 Å². The molecule has 0 bridgehead atoms. The number of pyridine rings is 2. The van der Waals surface area contributed by atoms with Crippen LogP contribution in [-0.4, -0.2) is 45.5 Å². The first kappa shape index (κ1) is 23.1. The maximum absolute atomic E-state index is 12.9. The second-order valence-corrected chi connectivity index (χ2v) is 7.47. The summed E-state index contributed by atoms with van der Waals surface area (Å²) in [5, 5.41) is 2.81. The number of carbonyl (C=O) groups excluding carboxylic acids is 1. The van der Waals surface area contributed by atoms with Gasteiger partial charge in [-0.3, -0.25) is 9.78 Å². The summed E-state index contributed by atoms with van der Waals surface area (Å²) in [6.45, 7) is 8.15. The molecule has 0 fully saturated rings. The monoisotopic (exact) mass is 434 g/mol. The van der Waals surface area contributed by atoms with Crippen LogP contribution in [0.25, 0.3) is 0 Å². The molecule has 0 spiro atoms. The third kappa shape index (κ3) is 6.73. The van der Waals surface area contributed by atoms with E-state index in [0.717, 1.165) is 37.2 Å². The molecule has 3 aromatic heterocycles. The highest BCUT2D eigenvalue weighted by atomic mass is 16.5. The average Bonchev–Trinajstić information content (AvgIpc) is 2.79. The molecular weight excluding hydrogens is 404 g/mol. The zero-order valence-corrected chi connectivity index (χ0v) is 18.9. The van der Waals surface area contributed by atoms with Crippen molar-refractivity contribution in [3.63, 3.8) is 0 Å². The van der Waals surface area contributed by atoms with Gasteiger partial charge >= 0.3 is 0 Å². The van der Waals surface area contributed by atoms with Crippen LogP contribution >= 0.6 is 0 Å². The lowest BCUT2D eigenvalue weighted by atomic mass is 10.3. The van der Waals surface area contributed by atoms with Gasteiger partial charge in [0.1, 0.15) is 11.5 Å². The van der Waals surface area contributed by atoms with Gasteiger partial charge in [0.05, 0.1) is 6.61 Å². The predicted molar refractivity (Wildman–Crippen MR) is 125 cm³/mol. The molecule has 3 aromatic rings. The van der Waals surface area contributed by atoms with Crippen molar-refractivity contribution in [2.45, 2.75) is 40.0 Å². The number of aryl methyl sites for hydroxylation is 1. The molecule has 0 aliphatic rings. The predicted octanol–water partition coefficient (Wildman–Crippen LogP) is 4.08. The molecule has 0 radical (unpaired) electrons. The van der Waals surface area contributed by atoms with E-state index in [2.05, 4.69) is 44.0 Å². The normalized spacial score (nSPS) is 10.6. The molecule has 1 N–H and O–H groups in total. The topological polar surface area (TPSA) is 93.1 Å². The molecule has 3 heterocycles. The highest BCUT2D eigenvalue weighted by molar-refractivity contribution is 6.02. The second kappa shape index (κ2) is 11.7. The van der Waals surface area contributed by atoms with Gasteiger partial charge in [0.25, 0.3) is 5.91 Å². The first-order valence-corrected chi connectivity index (χ1v) is 11.0. The van der Waals surface area contributed by atoms with Gasteiger partial charge < -0.3 is 15.0 Å². The first-order valence-electron chi connectivity index (χ1n) is 11.0. The smallest absolute Gasteiger partial charge is 0.275 e. The molecule has 3 rings (SSSR count). The summed E-state index contributed by atoms with van der Waals surface area (Å²) in [7, 11) is 0. The Balaban J connectivity index is 1.82. The summed E-state index contributed by atoms with van der Waals surface area (Å²) in [4.78, 5) is 32.7. The Morgan fingerprint density at radius 3 is 2.53 bits per heavy atom. The summed E-state index contributed by atoms with van der Waals surface area (Å²) >= 11 is 0. The average molecular weight is 435 g/mol. The molecule has 0 saturated heterocycles. The molecule has 0 saturated carbocycles. The Kier molecular flexibility index (Phi) is 8.48. The van der Waals surface area contributed by atoms with E-state index in [4.69, 9.17) is 4.74 Å². The number of nitrogens with zero attached hydrogens (tertiary/aromatic N) is 5. The van der Waals surface area contributed by atoms with Crippen LogP contribution < -0.4 is 15.0 Å². The van der Waals surface area contributed by atoms with Gasteiger partial charge in [-0.2, -0.15) is 4.98 Å². The lowest BCUT2D eigenvalue weighted by Crippen LogP contribution is -2.28. The van der Waals surface area contributed by atoms with E-state index in [0.29, 0.717) is 30.7 Å². The minimum Gasteiger partial charge on any atom is -0.477 e. The summed E-state index contributed by atoms with van der Waals surface area (Å²) in [5.41, 5.74) is 2.18. The lowest BCUT2D eigenvalue weighted by Gasteiger charge is -2.22. The largest absolute Gasteiger partial charge is 0.477 e. The Labute approximate surface area is 189 Å². The van der Waals surface area contributed by atoms with E-state index in [1.54, 1.807) is 18.5 Å². The highest BCUT2D eigenvalue weighted by Crippen LogP contribution is 2.18. The van der Waals surface area contributed by atoms with Crippen LogP contribution in [0.15, 0.2) is 48.8 Å². The van der Waals surface area contributed by atoms with E-state index in [9.17, 15) is 4.79 Å². The van der Waals surface area contributed by atoms with Gasteiger partial charge in [-0.25, -0.2) is 9.97 Å². The van der Waals surface area contributed by atoms with Gasteiger partial charge in [0.15, 0.2) is 0 Å². The summed E-state index contributed by atoms with van der Waals surface area (Å²) in [6.07, 6.45) is 5.95. The van der Waals surface area contributed by atoms with Crippen LogP contribution in [0.2, 0.25) is 0 Å². The van der Waals surface area contributed by atoms with Crippen LogP contribution in [0.5, 0.6) is 5.88 Å². The third-order valence-corrected chi connectivity index (χ3v) is 4.68. The Bertz CT molecular complexity index is 1010. The zero-order valence-electron chi connectivity index (χ0n) is 18.9. The van der Waals surface area contributed by atoms with Crippen LogP contribution in [-0.2, 0) is 6.42 Å². The summed E-state index contributed by atoms with van der Waals surface area (Å²) < 4.78 is 5.90. The maximum atomic E-state index is 12.9. The molecule has 1 amide bonds. The fraction of sp³-hybridized carbons (Fsp3) is 0.375. The fourth-order valence-corrected chi connectivity index (χ4v) is 3.19. The second-order valence-electron chi connectivity index (χ2n) is 7.47. The zero-order chi connectivity index (χ0) is 22.8. The van der Waals surface area contributed by atoms with E-state index in [1.807, 2.05) is 37.3 Å². The van der Waals surface area contributed by atoms with Crippen molar-refractivity contribution in [1.29, 1.82) is 0 Å². The van der Waals surface area contributed by atoms with Crippen molar-refractivity contribution in [2.75, 3.05) is 29.9 Å². The van der Waals surface area contributed by atoms with Gasteiger partial charge in [-0.1, -0.05) is 19.9 Å². The number of amides is 1. The molecule has 8 heteroatoms. The van der Waals surface area contributed by atoms with Gasteiger partial charge in [0.2, 0.25) is 11.8 Å². The number of ether oxygens (including phenoxy) is 1. The van der Waals surface area contributed by atoms with Crippen LogP contribution in [0, 0.1) is 6.92 Å². The van der Waals surface area contributed by atoms with Gasteiger partial charge in [0, 0.05) is 43.7 Å². The van der Waals surface area contributed by atoms with Crippen molar-refractivity contribution in [2.24, 2.45) is 0 Å². The van der Waals surface area contributed by atoms with Gasteiger partial charge in [-0.05, 0) is 49.6 Å². The number of nitrogens with one attached hydrogen (secondary N) is 1. The standard InChI is InChI=1S/C24H30N6O2/c1-4-13-30(14-5-2)24-27-20(23(31)28-21-16-18(3)9-12-26-21)17-22(29-24)32-15-10-19-8-6-7-11-25-19/h6-9,11-12,16-17H,4-5,10,13-15H2,1-3H3,(H,26,28,31).